The fourth-order valence-corrected chi connectivity index (χ4v) is 3.12. The molecule has 1 fully saturated rings. The van der Waals surface area contributed by atoms with Crippen molar-refractivity contribution in [3.8, 4) is 5.75 Å². The van der Waals surface area contributed by atoms with Crippen LogP contribution in [0.1, 0.15) is 47.5 Å². The van der Waals surface area contributed by atoms with Gasteiger partial charge in [0.15, 0.2) is 0 Å². The van der Waals surface area contributed by atoms with Crippen LogP contribution in [0.3, 0.4) is 0 Å². The average Bonchev–Trinajstić information content (AvgIpc) is 2.50. The zero-order valence-corrected chi connectivity index (χ0v) is 16.5. The summed E-state index contributed by atoms with van der Waals surface area (Å²) in [6.45, 7) is 9.70. The molecule has 0 bridgehead atoms. The van der Waals surface area contributed by atoms with Crippen LogP contribution >= 0.6 is 0 Å². The van der Waals surface area contributed by atoms with Gasteiger partial charge in [-0.3, -0.25) is 4.79 Å². The summed E-state index contributed by atoms with van der Waals surface area (Å²) in [7, 11) is 1.61. The number of carbonyl (C=O) groups is 2. The number of nitrogens with one attached hydrogen (secondary N) is 1. The van der Waals surface area contributed by atoms with Gasteiger partial charge in [0, 0.05) is 5.69 Å². The number of hydrogen-bond donors (Lipinski definition) is 1. The first-order valence-electron chi connectivity index (χ1n) is 9.06. The summed E-state index contributed by atoms with van der Waals surface area (Å²) in [5, 5.41) is 2.97. The lowest BCUT2D eigenvalue weighted by Crippen LogP contribution is -2.63. The molecule has 1 heterocycles. The highest BCUT2D eigenvalue weighted by atomic mass is 16.6. The highest BCUT2D eigenvalue weighted by Gasteiger charge is 2.43. The second-order valence-corrected chi connectivity index (χ2v) is 8.12. The Balaban J connectivity index is 2.15. The van der Waals surface area contributed by atoms with Crippen molar-refractivity contribution in [2.75, 3.05) is 12.0 Å². The minimum Gasteiger partial charge on any atom is -0.497 e. The van der Waals surface area contributed by atoms with E-state index in [1.807, 2.05) is 45.0 Å². The summed E-state index contributed by atoms with van der Waals surface area (Å²) < 4.78 is 10.6. The standard InChI is InChI=1S/C20H30N2O4/c1-13(2)11-16(21-19(24)26-20(3,4)5)17-12-18(23)22(17)14-7-9-15(25-6)10-8-14/h7-10,13,16-17H,11-12H2,1-6H3,(H,21,24)/t16-,17-/m0/s1. The molecule has 0 spiro atoms. The first-order chi connectivity index (χ1) is 12.1. The average molecular weight is 362 g/mol. The Bertz CT molecular complexity index is 634. The van der Waals surface area contributed by atoms with E-state index < -0.39 is 11.7 Å². The normalized spacial score (nSPS) is 18.3. The first-order valence-corrected chi connectivity index (χ1v) is 9.06. The largest absolute Gasteiger partial charge is 0.497 e. The van der Waals surface area contributed by atoms with E-state index in [1.165, 1.54) is 0 Å². The van der Waals surface area contributed by atoms with Crippen LogP contribution in [0.5, 0.6) is 5.75 Å². The van der Waals surface area contributed by atoms with Crippen molar-refractivity contribution >= 4 is 17.7 Å². The van der Waals surface area contributed by atoms with E-state index in [0.29, 0.717) is 12.3 Å². The molecule has 2 amide bonds. The lowest BCUT2D eigenvalue weighted by atomic mass is 9.88. The molecule has 1 aliphatic rings. The van der Waals surface area contributed by atoms with E-state index in [0.717, 1.165) is 17.9 Å². The molecule has 0 unspecified atom stereocenters. The molecule has 0 aromatic heterocycles. The number of carbonyl (C=O) groups excluding carboxylic acids is 2. The fraction of sp³-hybridized carbons (Fsp3) is 0.600. The van der Waals surface area contributed by atoms with Crippen molar-refractivity contribution in [1.29, 1.82) is 0 Å². The molecule has 2 rings (SSSR count). The smallest absolute Gasteiger partial charge is 0.407 e. The van der Waals surface area contributed by atoms with Crippen LogP contribution in [0.2, 0.25) is 0 Å². The van der Waals surface area contributed by atoms with E-state index in [4.69, 9.17) is 9.47 Å². The van der Waals surface area contributed by atoms with Crippen LogP contribution in [0.25, 0.3) is 0 Å². The number of alkyl carbamates (subject to hydrolysis) is 1. The van der Waals surface area contributed by atoms with Gasteiger partial charge in [0.2, 0.25) is 5.91 Å². The summed E-state index contributed by atoms with van der Waals surface area (Å²) in [4.78, 5) is 26.3. The highest BCUT2D eigenvalue weighted by Crippen LogP contribution is 2.32. The monoisotopic (exact) mass is 362 g/mol. The molecule has 1 aromatic carbocycles. The first kappa shape index (κ1) is 20.1. The van der Waals surface area contributed by atoms with Crippen molar-refractivity contribution in [2.24, 2.45) is 5.92 Å². The van der Waals surface area contributed by atoms with Crippen LogP contribution in [-0.2, 0) is 9.53 Å². The fourth-order valence-electron chi connectivity index (χ4n) is 3.12. The van der Waals surface area contributed by atoms with Gasteiger partial charge in [-0.2, -0.15) is 0 Å². The van der Waals surface area contributed by atoms with Gasteiger partial charge >= 0.3 is 6.09 Å². The SMILES string of the molecule is COc1ccc(N2C(=O)C[C@H]2[C@H](CC(C)C)NC(=O)OC(C)(C)C)cc1. The molecule has 1 saturated heterocycles. The third-order valence-corrected chi connectivity index (χ3v) is 4.23. The molecular weight excluding hydrogens is 332 g/mol. The van der Waals surface area contributed by atoms with Crippen molar-refractivity contribution in [3.05, 3.63) is 24.3 Å². The Kier molecular flexibility index (Phi) is 6.16. The van der Waals surface area contributed by atoms with E-state index in [1.54, 1.807) is 12.0 Å². The van der Waals surface area contributed by atoms with Gasteiger partial charge in [0.05, 0.1) is 25.6 Å². The Morgan fingerprint density at radius 2 is 1.88 bits per heavy atom. The van der Waals surface area contributed by atoms with E-state index in [9.17, 15) is 9.59 Å². The Morgan fingerprint density at radius 3 is 2.35 bits per heavy atom. The number of methoxy groups -OCH3 is 1. The lowest BCUT2D eigenvalue weighted by molar-refractivity contribution is -0.124. The summed E-state index contributed by atoms with van der Waals surface area (Å²) >= 11 is 0. The molecule has 0 radical (unpaired) electrons. The topological polar surface area (TPSA) is 67.9 Å². The maximum Gasteiger partial charge on any atom is 0.407 e. The summed E-state index contributed by atoms with van der Waals surface area (Å²) in [6, 6.07) is 7.15. The molecule has 26 heavy (non-hydrogen) atoms. The van der Waals surface area contributed by atoms with Crippen LogP contribution < -0.4 is 15.0 Å². The van der Waals surface area contributed by atoms with Gasteiger partial charge in [0.25, 0.3) is 0 Å². The molecular formula is C20H30N2O4. The van der Waals surface area contributed by atoms with Crippen molar-refractivity contribution in [2.45, 2.75) is 65.1 Å². The summed E-state index contributed by atoms with van der Waals surface area (Å²) in [6.07, 6.45) is 0.737. The second-order valence-electron chi connectivity index (χ2n) is 8.12. The molecule has 144 valence electrons. The minimum absolute atomic E-state index is 0.0555. The van der Waals surface area contributed by atoms with Gasteiger partial charge in [0.1, 0.15) is 11.4 Å². The molecule has 2 atom stereocenters. The molecule has 0 aliphatic carbocycles. The lowest BCUT2D eigenvalue weighted by Gasteiger charge is -2.45. The van der Waals surface area contributed by atoms with Crippen LogP contribution in [0.4, 0.5) is 10.5 Å². The molecule has 1 aliphatic heterocycles. The summed E-state index contributed by atoms with van der Waals surface area (Å²) in [5.74, 6) is 1.17. The predicted octanol–water partition coefficient (Wildman–Crippen LogP) is 3.74. The van der Waals surface area contributed by atoms with Gasteiger partial charge in [-0.1, -0.05) is 13.8 Å². The van der Waals surface area contributed by atoms with Crippen LogP contribution in [0, 0.1) is 5.92 Å². The number of nitrogens with zero attached hydrogens (tertiary/aromatic N) is 1. The number of ether oxygens (including phenoxy) is 2. The number of amides is 2. The Hall–Kier alpha value is -2.24. The zero-order valence-electron chi connectivity index (χ0n) is 16.5. The van der Waals surface area contributed by atoms with Crippen LogP contribution in [-0.4, -0.2) is 36.8 Å². The summed E-state index contributed by atoms with van der Waals surface area (Å²) in [5.41, 5.74) is 0.254. The molecule has 0 saturated carbocycles. The van der Waals surface area contributed by atoms with Crippen molar-refractivity contribution in [1.82, 2.24) is 5.32 Å². The minimum atomic E-state index is -0.558. The van der Waals surface area contributed by atoms with Crippen molar-refractivity contribution in [3.63, 3.8) is 0 Å². The van der Waals surface area contributed by atoms with Crippen molar-refractivity contribution < 1.29 is 19.1 Å². The molecule has 1 N–H and O–H groups in total. The third-order valence-electron chi connectivity index (χ3n) is 4.23. The number of β-lactam (4-membered cyclic amide) rings is 1. The number of anilines is 1. The van der Waals surface area contributed by atoms with E-state index in [2.05, 4.69) is 19.2 Å². The highest BCUT2D eigenvalue weighted by molar-refractivity contribution is 6.01. The molecule has 1 aromatic rings. The zero-order chi connectivity index (χ0) is 19.5. The predicted molar refractivity (Wildman–Crippen MR) is 101 cm³/mol. The third kappa shape index (κ3) is 5.13. The quantitative estimate of drug-likeness (QED) is 0.783. The number of rotatable bonds is 6. The van der Waals surface area contributed by atoms with Crippen LogP contribution in [0.15, 0.2) is 24.3 Å². The maximum absolute atomic E-state index is 12.3. The van der Waals surface area contributed by atoms with Gasteiger partial charge in [-0.15, -0.1) is 0 Å². The van der Waals surface area contributed by atoms with Gasteiger partial charge < -0.3 is 19.7 Å². The van der Waals surface area contributed by atoms with E-state index in [-0.39, 0.29) is 18.0 Å². The number of hydrogen-bond acceptors (Lipinski definition) is 4. The van der Waals surface area contributed by atoms with Gasteiger partial charge in [-0.25, -0.2) is 4.79 Å². The van der Waals surface area contributed by atoms with E-state index >= 15 is 0 Å². The number of benzene rings is 1. The van der Waals surface area contributed by atoms with Gasteiger partial charge in [-0.05, 0) is 57.4 Å². The second kappa shape index (κ2) is 7.98. The Morgan fingerprint density at radius 1 is 1.27 bits per heavy atom. The maximum atomic E-state index is 12.3. The molecule has 6 heteroatoms. The Labute approximate surface area is 155 Å². The molecule has 6 nitrogen and oxygen atoms in total.